The molecule has 34 heteroatoms. The van der Waals surface area contributed by atoms with Crippen LogP contribution in [0.15, 0.2) is 17.5 Å². The molecule has 2 heterocycles. The van der Waals surface area contributed by atoms with Gasteiger partial charge in [0, 0.05) is 37.8 Å². The highest BCUT2D eigenvalue weighted by molar-refractivity contribution is 6.00. The molecule has 0 aliphatic carbocycles. The van der Waals surface area contributed by atoms with Crippen LogP contribution in [0.1, 0.15) is 84.3 Å². The maximum absolute atomic E-state index is 14.1. The van der Waals surface area contributed by atoms with Gasteiger partial charge >= 0.3 is 5.97 Å². The van der Waals surface area contributed by atoms with Crippen LogP contribution in [0, 0.1) is 5.92 Å². The molecule has 440 valence electrons. The topological polar surface area (TPSA) is 579 Å². The molecule has 1 saturated heterocycles. The monoisotopic (exact) mass is 1120 g/mol. The minimum atomic E-state index is -1.90. The average Bonchev–Trinajstić information content (AvgIpc) is 4.09. The van der Waals surface area contributed by atoms with Crippen molar-refractivity contribution in [2.75, 3.05) is 26.3 Å². The van der Waals surface area contributed by atoms with Gasteiger partial charge in [0.25, 0.3) is 0 Å². The fourth-order valence-corrected chi connectivity index (χ4v) is 7.76. The number of nitrogens with two attached hydrogens (primary N) is 6. The van der Waals surface area contributed by atoms with Gasteiger partial charge in [-0.3, -0.25) is 62.5 Å². The maximum Gasteiger partial charge on any atom is 0.326 e. The summed E-state index contributed by atoms with van der Waals surface area (Å²) >= 11 is 0. The van der Waals surface area contributed by atoms with Crippen molar-refractivity contribution in [2.24, 2.45) is 45.3 Å². The molecule has 34 nitrogen and oxygen atoms in total. The first kappa shape index (κ1) is 66.6. The van der Waals surface area contributed by atoms with E-state index in [4.69, 9.17) is 34.4 Å². The predicted molar refractivity (Wildman–Crippen MR) is 273 cm³/mol. The van der Waals surface area contributed by atoms with E-state index >= 15 is 0 Å². The van der Waals surface area contributed by atoms with Crippen molar-refractivity contribution in [3.63, 3.8) is 0 Å². The van der Waals surface area contributed by atoms with Crippen molar-refractivity contribution in [1.29, 1.82) is 0 Å². The molecule has 0 radical (unpaired) electrons. The molecule has 79 heavy (non-hydrogen) atoms. The van der Waals surface area contributed by atoms with Gasteiger partial charge in [0.15, 0.2) is 5.96 Å². The highest BCUT2D eigenvalue weighted by atomic mass is 16.4. The molecule has 0 aromatic carbocycles. The molecule has 0 spiro atoms. The van der Waals surface area contributed by atoms with Crippen molar-refractivity contribution in [3.05, 3.63) is 18.2 Å². The van der Waals surface area contributed by atoms with Crippen LogP contribution in [0.5, 0.6) is 0 Å². The van der Waals surface area contributed by atoms with Crippen LogP contribution < -0.4 is 76.9 Å². The third-order valence-electron chi connectivity index (χ3n) is 11.8. The smallest absolute Gasteiger partial charge is 0.326 e. The number of primary amides is 3. The molecule has 1 aromatic rings. The number of aromatic amines is 1. The van der Waals surface area contributed by atoms with Gasteiger partial charge in [-0.2, -0.15) is 0 Å². The van der Waals surface area contributed by atoms with E-state index in [2.05, 4.69) is 57.5 Å². The minimum Gasteiger partial charge on any atom is -0.480 e. The number of rotatable bonds is 35. The van der Waals surface area contributed by atoms with Crippen LogP contribution in [0.2, 0.25) is 0 Å². The number of aliphatic hydroxyl groups excluding tert-OH is 2. The third kappa shape index (κ3) is 23.3. The Labute approximate surface area is 452 Å². The summed E-state index contributed by atoms with van der Waals surface area (Å²) in [4.78, 5) is 181. The van der Waals surface area contributed by atoms with E-state index < -0.39 is 176 Å². The molecule has 0 saturated carbocycles. The summed E-state index contributed by atoms with van der Waals surface area (Å²) in [6.45, 7) is 2.71. The first-order valence-electron chi connectivity index (χ1n) is 24.9. The molecule has 1 aliphatic heterocycles. The lowest BCUT2D eigenvalue weighted by molar-refractivity contribution is -0.143. The lowest BCUT2D eigenvalue weighted by Gasteiger charge is -2.28. The Hall–Kier alpha value is -8.53. The Kier molecular flexibility index (Phi) is 27.7. The number of guanidine groups is 1. The number of hydrogen-bond acceptors (Lipinski definition) is 18. The zero-order valence-corrected chi connectivity index (χ0v) is 43.9. The summed E-state index contributed by atoms with van der Waals surface area (Å²) in [5.41, 5.74) is 32.8. The van der Waals surface area contributed by atoms with E-state index in [-0.39, 0.29) is 62.8 Å². The molecule has 24 N–H and O–H groups in total. The number of aliphatic carboxylic acids is 1. The van der Waals surface area contributed by atoms with E-state index in [1.165, 1.54) is 12.5 Å². The van der Waals surface area contributed by atoms with Gasteiger partial charge in [-0.25, -0.2) is 9.78 Å². The lowest BCUT2D eigenvalue weighted by atomic mass is 10.0. The maximum atomic E-state index is 14.1. The zero-order chi connectivity index (χ0) is 59.7. The first-order valence-corrected chi connectivity index (χ1v) is 24.9. The number of amides is 12. The summed E-state index contributed by atoms with van der Waals surface area (Å²) in [6.07, 6.45) is -0.101. The largest absolute Gasteiger partial charge is 0.480 e. The molecule has 1 fully saturated rings. The molecule has 1 aliphatic rings. The van der Waals surface area contributed by atoms with Crippen molar-refractivity contribution >= 4 is 82.8 Å². The molecule has 10 atom stereocenters. The number of carboxylic acids is 1. The number of carbonyl (C=O) groups excluding carboxylic acids is 12. The second-order valence-corrected chi connectivity index (χ2v) is 18.9. The molecule has 0 bridgehead atoms. The molecule has 2 rings (SSSR count). The van der Waals surface area contributed by atoms with Crippen LogP contribution in [0.3, 0.4) is 0 Å². The average molecular weight is 1120 g/mol. The van der Waals surface area contributed by atoms with E-state index in [9.17, 15) is 77.6 Å². The predicted octanol–water partition coefficient (Wildman–Crippen LogP) is -9.65. The number of aromatic nitrogens is 2. The highest BCUT2D eigenvalue weighted by Crippen LogP contribution is 2.19. The van der Waals surface area contributed by atoms with Gasteiger partial charge in [0.05, 0.1) is 32.4 Å². The van der Waals surface area contributed by atoms with Gasteiger partial charge in [-0.15, -0.1) is 0 Å². The molecule has 1 aromatic heterocycles. The van der Waals surface area contributed by atoms with Crippen LogP contribution in [-0.4, -0.2) is 200 Å². The number of nitrogens with zero attached hydrogens (tertiary/aromatic N) is 3. The Bertz CT molecular complexity index is 2370. The van der Waals surface area contributed by atoms with Gasteiger partial charge in [0.2, 0.25) is 70.9 Å². The van der Waals surface area contributed by atoms with Gasteiger partial charge in [-0.05, 0) is 51.4 Å². The van der Waals surface area contributed by atoms with Crippen LogP contribution >= 0.6 is 0 Å². The van der Waals surface area contributed by atoms with Crippen LogP contribution in [0.4, 0.5) is 0 Å². The second kappa shape index (κ2) is 32.9. The second-order valence-electron chi connectivity index (χ2n) is 18.9. The Morgan fingerprint density at radius 2 is 1.16 bits per heavy atom. The number of nitrogens with one attached hydrogen (secondary N) is 9. The molecule has 12 amide bonds. The van der Waals surface area contributed by atoms with Crippen LogP contribution in [0.25, 0.3) is 0 Å². The van der Waals surface area contributed by atoms with E-state index in [1.54, 1.807) is 13.8 Å². The summed E-state index contributed by atoms with van der Waals surface area (Å²) < 4.78 is 0. The van der Waals surface area contributed by atoms with Crippen LogP contribution in [-0.2, 0) is 68.7 Å². The normalized spacial score (nSPS) is 16.3. The quantitative estimate of drug-likeness (QED) is 0.0170. The number of carbonyl (C=O) groups is 13. The first-order chi connectivity index (χ1) is 37.1. The standard InChI is InChI=1S/C45H74N18O16/c1-20(2)12-29(44(78)79)61-39(73)27(14-33(48)67)60-38(72)26(13-22-16-52-19-54-22)58-36(70)24(6-4-10-53-45(50)51)56-35(69)21(3)55-41(75)30(18-65)62-40(74)28(15-34(49)68)59-37(71)25(8-9-32(47)66)57-42(76)31-7-5-11-63(31)43(77)23(46)17-64/h16,19-21,23-31,64-65H,4-15,17-18,46H2,1-3H3,(H2,47,66)(H2,48,67)(H2,49,68)(H,52,54)(H,55,75)(H,56,69)(H,57,76)(H,58,70)(H,59,71)(H,60,72)(H,61,73)(H,62,74)(H,78,79)(H4,50,51,53)/t21-,23-,24-,25-,26-,27-,28-,29-,30-,31-/m0/s1. The highest BCUT2D eigenvalue weighted by Gasteiger charge is 2.39. The number of imidazole rings is 1. The molecule has 0 unspecified atom stereocenters. The Morgan fingerprint density at radius 3 is 1.66 bits per heavy atom. The summed E-state index contributed by atoms with van der Waals surface area (Å²) in [5, 5.41) is 47.7. The molecular weight excluding hydrogens is 1050 g/mol. The van der Waals surface area contributed by atoms with Crippen molar-refractivity contribution in [3.8, 4) is 0 Å². The van der Waals surface area contributed by atoms with Gasteiger partial charge in [-0.1, -0.05) is 13.8 Å². The summed E-state index contributed by atoms with van der Waals surface area (Å²) in [5.74, 6) is -14.5. The van der Waals surface area contributed by atoms with Gasteiger partial charge in [0.1, 0.15) is 60.4 Å². The van der Waals surface area contributed by atoms with Gasteiger partial charge < -0.3 is 102 Å². The lowest BCUT2D eigenvalue weighted by Crippen LogP contribution is -2.61. The number of likely N-dealkylation sites (tertiary alicyclic amines) is 1. The number of aliphatic hydroxyl groups is 2. The number of H-pyrrole nitrogens is 1. The summed E-state index contributed by atoms with van der Waals surface area (Å²) in [6, 6.07) is -15.7. The van der Waals surface area contributed by atoms with E-state index in [1.807, 2.05) is 0 Å². The number of aliphatic imine (C=N–C) groups is 1. The minimum absolute atomic E-state index is 0.0140. The van der Waals surface area contributed by atoms with E-state index in [0.717, 1.165) is 11.8 Å². The fraction of sp³-hybridized carbons (Fsp3) is 0.622. The number of carboxylic acid groups (broad SMARTS) is 1. The Morgan fingerprint density at radius 1 is 0.658 bits per heavy atom. The number of hydrogen-bond donors (Lipinski definition) is 18. The zero-order valence-electron chi connectivity index (χ0n) is 43.9. The molecular formula is C45H74N18O16. The van der Waals surface area contributed by atoms with Crippen molar-refractivity contribution < 1.29 is 77.6 Å². The Balaban J connectivity index is 2.33. The fourth-order valence-electron chi connectivity index (χ4n) is 7.76. The van der Waals surface area contributed by atoms with Crippen molar-refractivity contribution in [2.45, 2.75) is 145 Å². The van der Waals surface area contributed by atoms with E-state index in [0.29, 0.717) is 6.42 Å². The summed E-state index contributed by atoms with van der Waals surface area (Å²) in [7, 11) is 0. The third-order valence-corrected chi connectivity index (χ3v) is 11.8. The van der Waals surface area contributed by atoms with Crippen molar-refractivity contribution in [1.82, 2.24) is 57.4 Å². The SMILES string of the molecule is CC(C)C[C@H](NC(=O)[C@H](CC(N)=O)NC(=O)[C@H](Cc1cnc[nH]1)NC(=O)[C@H](CCCN=C(N)N)NC(=O)[C@H](C)NC(=O)[C@H](CO)NC(=O)[C@H](CC(N)=O)NC(=O)[C@H](CCC(N)=O)NC(=O)[C@@H]1CCCN1C(=O)[C@@H](N)CO)C(=O)O.